The highest BCUT2D eigenvalue weighted by Crippen LogP contribution is 2.54. The fourth-order valence-electron chi connectivity index (χ4n) is 6.69. The van der Waals surface area contributed by atoms with E-state index in [9.17, 15) is 20.4 Å². The number of fused-ring (bicyclic) bond motifs is 2. The monoisotopic (exact) mass is 508 g/mol. The average Bonchev–Trinajstić information content (AvgIpc) is 3.38. The minimum Gasteiger partial charge on any atom is -0.390 e. The smallest absolute Gasteiger partial charge is 0.187 e. The number of aliphatic hydroxyl groups excluding tert-OH is 4. The van der Waals surface area contributed by atoms with Crippen molar-refractivity contribution in [1.82, 2.24) is 0 Å². The maximum Gasteiger partial charge on any atom is 0.187 e. The Labute approximate surface area is 214 Å². The van der Waals surface area contributed by atoms with Gasteiger partial charge in [-0.25, -0.2) is 0 Å². The number of methoxy groups -OCH3 is 2. The minimum absolute atomic E-state index is 0.0359. The van der Waals surface area contributed by atoms with Gasteiger partial charge in [0.1, 0.15) is 30.5 Å². The van der Waals surface area contributed by atoms with Gasteiger partial charge < -0.3 is 39.4 Å². The van der Waals surface area contributed by atoms with Crippen LogP contribution < -0.4 is 0 Å². The molecule has 10 atom stereocenters. The molecule has 204 valence electrons. The molecule has 0 aromatic heterocycles. The van der Waals surface area contributed by atoms with Crippen molar-refractivity contribution in [1.29, 1.82) is 0 Å². The van der Waals surface area contributed by atoms with Crippen LogP contribution in [0.3, 0.4) is 0 Å². The number of ether oxygens (including phenoxy) is 4. The van der Waals surface area contributed by atoms with E-state index in [2.05, 4.69) is 32.9 Å². The molecule has 10 unspecified atom stereocenters. The number of rotatable bonds is 7. The van der Waals surface area contributed by atoms with Gasteiger partial charge in [0, 0.05) is 19.6 Å². The number of aliphatic hydroxyl groups is 4. The molecule has 3 aliphatic carbocycles. The molecule has 0 radical (unpaired) electrons. The van der Waals surface area contributed by atoms with Gasteiger partial charge in [0.2, 0.25) is 0 Å². The zero-order chi connectivity index (χ0) is 26.4. The van der Waals surface area contributed by atoms with E-state index in [0.717, 1.165) is 24.8 Å². The Morgan fingerprint density at radius 2 is 1.78 bits per heavy atom. The third kappa shape index (κ3) is 4.87. The lowest BCUT2D eigenvalue weighted by Gasteiger charge is -2.46. The second-order valence-corrected chi connectivity index (χ2v) is 11.5. The molecule has 0 bridgehead atoms. The average molecular weight is 509 g/mol. The first-order valence-electron chi connectivity index (χ1n) is 13.2. The maximum atomic E-state index is 11.9. The summed E-state index contributed by atoms with van der Waals surface area (Å²) in [5.41, 5.74) is 4.37. The van der Waals surface area contributed by atoms with Crippen LogP contribution in [0.4, 0.5) is 0 Å². The Balaban J connectivity index is 1.76. The van der Waals surface area contributed by atoms with Crippen LogP contribution >= 0.6 is 0 Å². The highest BCUT2D eigenvalue weighted by Gasteiger charge is 2.51. The van der Waals surface area contributed by atoms with E-state index in [4.69, 9.17) is 18.9 Å². The second kappa shape index (κ2) is 10.9. The first-order chi connectivity index (χ1) is 17.0. The summed E-state index contributed by atoms with van der Waals surface area (Å²) < 4.78 is 23.0. The molecule has 1 heterocycles. The van der Waals surface area contributed by atoms with Gasteiger partial charge in [-0.1, -0.05) is 45.4 Å². The first-order valence-corrected chi connectivity index (χ1v) is 13.2. The second-order valence-electron chi connectivity index (χ2n) is 11.5. The fraction of sp³-hybridized carbons (Fsp3) is 0.786. The van der Waals surface area contributed by atoms with Crippen LogP contribution in [0.25, 0.3) is 0 Å². The minimum atomic E-state index is -1.47. The summed E-state index contributed by atoms with van der Waals surface area (Å²) in [7, 11) is 3.18. The largest absolute Gasteiger partial charge is 0.390 e. The van der Waals surface area contributed by atoms with E-state index in [-0.39, 0.29) is 29.8 Å². The third-order valence-corrected chi connectivity index (χ3v) is 8.78. The molecule has 0 amide bonds. The van der Waals surface area contributed by atoms with Crippen molar-refractivity contribution in [3.8, 4) is 0 Å². The Hall–Kier alpha value is -1.10. The summed E-state index contributed by atoms with van der Waals surface area (Å²) in [5, 5.41) is 43.5. The summed E-state index contributed by atoms with van der Waals surface area (Å²) in [6.45, 7) is 9.13. The highest BCUT2D eigenvalue weighted by atomic mass is 16.7. The molecule has 0 saturated carbocycles. The van der Waals surface area contributed by atoms with Crippen LogP contribution in [-0.2, 0) is 18.9 Å². The molecule has 36 heavy (non-hydrogen) atoms. The third-order valence-electron chi connectivity index (χ3n) is 8.78. The number of hydrogen-bond acceptors (Lipinski definition) is 8. The molecular formula is C28H44O8. The van der Waals surface area contributed by atoms with Crippen molar-refractivity contribution >= 4 is 0 Å². The van der Waals surface area contributed by atoms with Gasteiger partial charge >= 0.3 is 0 Å². The van der Waals surface area contributed by atoms with Crippen LogP contribution in [0.5, 0.6) is 0 Å². The lowest BCUT2D eigenvalue weighted by molar-refractivity contribution is -0.316. The van der Waals surface area contributed by atoms with Crippen molar-refractivity contribution in [2.45, 2.75) is 89.9 Å². The van der Waals surface area contributed by atoms with E-state index in [1.165, 1.54) is 23.8 Å². The summed E-state index contributed by atoms with van der Waals surface area (Å²) in [6.07, 6.45) is -0.726. The molecule has 8 nitrogen and oxygen atoms in total. The van der Waals surface area contributed by atoms with E-state index < -0.39 is 42.9 Å². The van der Waals surface area contributed by atoms with E-state index >= 15 is 0 Å². The number of allylic oxidation sites excluding steroid dienone is 3. The molecule has 0 spiro atoms. The van der Waals surface area contributed by atoms with Gasteiger partial charge in [-0.3, -0.25) is 0 Å². The predicted molar refractivity (Wildman–Crippen MR) is 134 cm³/mol. The van der Waals surface area contributed by atoms with Crippen LogP contribution in [0.1, 0.15) is 47.0 Å². The van der Waals surface area contributed by atoms with Gasteiger partial charge in [0.25, 0.3) is 0 Å². The SMILES string of the molecule is COCC1=CCC2C1=CC1(C)CCC(C(C)C)=C1C(OC1OC(COC)C(O)C(O)C1O)C(O)C2C. The van der Waals surface area contributed by atoms with Crippen molar-refractivity contribution < 1.29 is 39.4 Å². The molecule has 0 aromatic carbocycles. The Morgan fingerprint density at radius 1 is 1.06 bits per heavy atom. The molecular weight excluding hydrogens is 464 g/mol. The Morgan fingerprint density at radius 3 is 2.42 bits per heavy atom. The fourth-order valence-corrected chi connectivity index (χ4v) is 6.69. The zero-order valence-corrected chi connectivity index (χ0v) is 22.4. The lowest BCUT2D eigenvalue weighted by atomic mass is 9.68. The molecule has 4 aliphatic rings. The van der Waals surface area contributed by atoms with Crippen LogP contribution in [0, 0.1) is 23.2 Å². The summed E-state index contributed by atoms with van der Waals surface area (Å²) >= 11 is 0. The lowest BCUT2D eigenvalue weighted by Crippen LogP contribution is -2.61. The van der Waals surface area contributed by atoms with Gasteiger partial charge in [-0.2, -0.15) is 0 Å². The van der Waals surface area contributed by atoms with Gasteiger partial charge in [0.15, 0.2) is 6.29 Å². The molecule has 4 N–H and O–H groups in total. The normalized spacial score (nSPS) is 43.1. The van der Waals surface area contributed by atoms with E-state index in [0.29, 0.717) is 6.61 Å². The quantitative estimate of drug-likeness (QED) is 0.386. The predicted octanol–water partition coefficient (Wildman–Crippen LogP) is 2.11. The Bertz CT molecular complexity index is 894. The molecule has 4 rings (SSSR count). The zero-order valence-electron chi connectivity index (χ0n) is 22.4. The number of hydrogen-bond donors (Lipinski definition) is 4. The van der Waals surface area contributed by atoms with Crippen LogP contribution in [-0.4, -0.2) is 90.8 Å². The Kier molecular flexibility index (Phi) is 8.49. The summed E-state index contributed by atoms with van der Waals surface area (Å²) in [6, 6.07) is 0. The van der Waals surface area contributed by atoms with Crippen LogP contribution in [0.15, 0.2) is 34.4 Å². The van der Waals surface area contributed by atoms with Gasteiger partial charge in [-0.15, -0.1) is 0 Å². The standard InChI is InChI=1S/C28H44O8/c1-14(2)17-9-10-28(4)11-19-16(12-33-5)7-8-18(19)15(3)22(29)26(21(17)28)36-27-25(32)24(31)23(30)20(35-27)13-34-6/h7,11,14-15,18,20,22-27,29-32H,8-10,12-13H2,1-6H3. The van der Waals surface area contributed by atoms with Crippen molar-refractivity contribution in [3.05, 3.63) is 34.4 Å². The molecule has 8 heteroatoms. The molecule has 1 fully saturated rings. The van der Waals surface area contributed by atoms with Gasteiger partial charge in [-0.05, 0) is 53.7 Å². The molecule has 1 saturated heterocycles. The molecule has 1 aliphatic heterocycles. The van der Waals surface area contributed by atoms with Gasteiger partial charge in [0.05, 0.1) is 19.3 Å². The summed E-state index contributed by atoms with van der Waals surface area (Å²) in [4.78, 5) is 0. The van der Waals surface area contributed by atoms with Crippen molar-refractivity contribution in [2.75, 3.05) is 27.4 Å². The first kappa shape index (κ1) is 27.9. The van der Waals surface area contributed by atoms with Crippen LogP contribution in [0.2, 0.25) is 0 Å². The molecule has 0 aromatic rings. The summed E-state index contributed by atoms with van der Waals surface area (Å²) in [5.74, 6) is 0.250. The topological polar surface area (TPSA) is 118 Å². The highest BCUT2D eigenvalue weighted by molar-refractivity contribution is 5.47. The van der Waals surface area contributed by atoms with Crippen molar-refractivity contribution in [2.24, 2.45) is 23.2 Å². The van der Waals surface area contributed by atoms with Crippen molar-refractivity contribution in [3.63, 3.8) is 0 Å². The van der Waals surface area contributed by atoms with E-state index in [1.54, 1.807) is 7.11 Å². The maximum absolute atomic E-state index is 11.9. The van der Waals surface area contributed by atoms with E-state index in [1.807, 2.05) is 6.92 Å².